The Labute approximate surface area is 167 Å². The smallest absolute Gasteiger partial charge is 0.245 e. The molecular weight excluding hydrogens is 369 g/mol. The molecule has 1 aliphatic rings. The predicted molar refractivity (Wildman–Crippen MR) is 107 cm³/mol. The summed E-state index contributed by atoms with van der Waals surface area (Å²) in [7, 11) is 0. The van der Waals surface area contributed by atoms with E-state index in [4.69, 9.17) is 9.72 Å². The van der Waals surface area contributed by atoms with E-state index in [1.54, 1.807) is 0 Å². The molecule has 3 aromatic heterocycles. The third-order valence-corrected chi connectivity index (χ3v) is 5.30. The number of nitrogens with zero attached hydrogens (tertiary/aromatic N) is 5. The van der Waals surface area contributed by atoms with Gasteiger partial charge in [-0.25, -0.2) is 15.0 Å². The molecule has 4 aromatic rings. The number of fused-ring (bicyclic) bond motifs is 1. The van der Waals surface area contributed by atoms with Crippen LogP contribution in [0.1, 0.15) is 30.9 Å². The van der Waals surface area contributed by atoms with Crippen LogP contribution >= 0.6 is 0 Å². The molecule has 0 bridgehead atoms. The fourth-order valence-electron chi connectivity index (χ4n) is 3.38. The zero-order chi connectivity index (χ0) is 20.0. The van der Waals surface area contributed by atoms with Crippen molar-refractivity contribution in [3.8, 4) is 17.3 Å². The molecule has 0 N–H and O–H groups in total. The van der Waals surface area contributed by atoms with E-state index in [0.29, 0.717) is 29.4 Å². The van der Waals surface area contributed by atoms with Crippen molar-refractivity contribution in [1.29, 1.82) is 0 Å². The minimum Gasteiger partial charge on any atom is -0.470 e. The summed E-state index contributed by atoms with van der Waals surface area (Å²) in [5.74, 6) is 0.637. The van der Waals surface area contributed by atoms with Crippen LogP contribution in [0, 0.1) is 12.9 Å². The van der Waals surface area contributed by atoms with Crippen molar-refractivity contribution in [3.05, 3.63) is 66.0 Å². The second-order valence-corrected chi connectivity index (χ2v) is 7.73. The largest absolute Gasteiger partial charge is 0.470 e. The second-order valence-electron chi connectivity index (χ2n) is 7.73. The highest BCUT2D eigenvalue weighted by atomic mass is 19.1. The van der Waals surface area contributed by atoms with E-state index in [2.05, 4.69) is 34.0 Å². The van der Waals surface area contributed by atoms with E-state index >= 15 is 0 Å². The van der Waals surface area contributed by atoms with Gasteiger partial charge in [0.1, 0.15) is 17.8 Å². The number of imidazole rings is 1. The van der Waals surface area contributed by atoms with E-state index < -0.39 is 5.95 Å². The van der Waals surface area contributed by atoms with Crippen molar-refractivity contribution in [1.82, 2.24) is 24.5 Å². The van der Waals surface area contributed by atoms with Gasteiger partial charge in [-0.15, -0.1) is 0 Å². The van der Waals surface area contributed by atoms with E-state index in [0.717, 1.165) is 29.5 Å². The molecule has 0 amide bonds. The minimum absolute atomic E-state index is 0.183. The normalized spacial score (nSPS) is 14.9. The number of pyridine rings is 1. The van der Waals surface area contributed by atoms with Gasteiger partial charge in [0.15, 0.2) is 11.2 Å². The Bertz CT molecular complexity index is 1200. The van der Waals surface area contributed by atoms with Crippen LogP contribution in [0.25, 0.3) is 22.6 Å². The van der Waals surface area contributed by atoms with Crippen molar-refractivity contribution < 1.29 is 9.13 Å². The van der Waals surface area contributed by atoms with E-state index in [-0.39, 0.29) is 5.60 Å². The fourth-order valence-corrected chi connectivity index (χ4v) is 3.38. The molecule has 146 valence electrons. The Hall–Kier alpha value is -3.35. The Balaban J connectivity index is 1.71. The number of benzene rings is 1. The third-order valence-electron chi connectivity index (χ3n) is 5.30. The summed E-state index contributed by atoms with van der Waals surface area (Å²) in [6, 6.07) is 11.5. The number of aryl methyl sites for hydroxylation is 1. The first kappa shape index (κ1) is 17.7. The van der Waals surface area contributed by atoms with Crippen molar-refractivity contribution >= 4 is 11.2 Å². The minimum atomic E-state index is -0.512. The lowest BCUT2D eigenvalue weighted by molar-refractivity contribution is 0.194. The van der Waals surface area contributed by atoms with Crippen LogP contribution in [-0.4, -0.2) is 30.1 Å². The van der Waals surface area contributed by atoms with Crippen LogP contribution in [0.5, 0.6) is 5.88 Å². The summed E-state index contributed by atoms with van der Waals surface area (Å²) in [6.45, 7) is 4.48. The van der Waals surface area contributed by atoms with Crippen molar-refractivity contribution in [3.63, 3.8) is 0 Å². The van der Waals surface area contributed by atoms with E-state index in [1.807, 2.05) is 29.7 Å². The van der Waals surface area contributed by atoms with Crippen molar-refractivity contribution in [2.75, 3.05) is 0 Å². The van der Waals surface area contributed by atoms with Gasteiger partial charge < -0.3 is 9.30 Å². The number of aromatic nitrogens is 5. The molecule has 0 radical (unpaired) electrons. The molecule has 0 aliphatic heterocycles. The SMILES string of the molecule is Cc1cc(F)ncc1-c1nc2c(OC3(C)CC3)ncnc2n1Cc1ccccc1. The average molecular weight is 389 g/mol. The lowest BCUT2D eigenvalue weighted by Crippen LogP contribution is -2.13. The lowest BCUT2D eigenvalue weighted by atomic mass is 10.1. The number of rotatable bonds is 5. The fraction of sp³-hybridized carbons (Fsp3) is 0.273. The zero-order valence-corrected chi connectivity index (χ0v) is 16.3. The van der Waals surface area contributed by atoms with Crippen LogP contribution < -0.4 is 4.74 Å². The Morgan fingerprint density at radius 2 is 1.93 bits per heavy atom. The first-order chi connectivity index (χ1) is 14.0. The van der Waals surface area contributed by atoms with Gasteiger partial charge in [-0.05, 0) is 43.9 Å². The molecule has 0 atom stereocenters. The molecule has 0 saturated heterocycles. The average Bonchev–Trinajstić information content (AvgIpc) is 3.32. The Morgan fingerprint density at radius 1 is 1.14 bits per heavy atom. The highest BCUT2D eigenvalue weighted by Gasteiger charge is 2.41. The monoisotopic (exact) mass is 389 g/mol. The highest BCUT2D eigenvalue weighted by Crippen LogP contribution is 2.41. The van der Waals surface area contributed by atoms with Gasteiger partial charge in [0.2, 0.25) is 11.8 Å². The Morgan fingerprint density at radius 3 is 2.66 bits per heavy atom. The van der Waals surface area contributed by atoms with Crippen molar-refractivity contribution in [2.45, 2.75) is 38.8 Å². The summed E-state index contributed by atoms with van der Waals surface area (Å²) in [4.78, 5) is 17.5. The maximum Gasteiger partial charge on any atom is 0.245 e. The van der Waals surface area contributed by atoms with Crippen LogP contribution in [0.15, 0.2) is 48.9 Å². The summed E-state index contributed by atoms with van der Waals surface area (Å²) >= 11 is 0. The lowest BCUT2D eigenvalue weighted by Gasteiger charge is -2.12. The van der Waals surface area contributed by atoms with E-state index in [9.17, 15) is 4.39 Å². The van der Waals surface area contributed by atoms with Crippen LogP contribution in [0.2, 0.25) is 0 Å². The van der Waals surface area contributed by atoms with Crippen LogP contribution in [0.4, 0.5) is 4.39 Å². The molecule has 1 saturated carbocycles. The van der Waals surface area contributed by atoms with Gasteiger partial charge in [-0.2, -0.15) is 9.37 Å². The highest BCUT2D eigenvalue weighted by molar-refractivity contribution is 5.82. The molecule has 1 fully saturated rings. The summed E-state index contributed by atoms with van der Waals surface area (Å²) in [6.07, 6.45) is 5.02. The van der Waals surface area contributed by atoms with E-state index in [1.165, 1.54) is 18.6 Å². The number of ether oxygens (including phenoxy) is 1. The zero-order valence-electron chi connectivity index (χ0n) is 16.3. The summed E-state index contributed by atoms with van der Waals surface area (Å²) in [5, 5.41) is 0. The van der Waals surface area contributed by atoms with Crippen molar-refractivity contribution in [2.24, 2.45) is 0 Å². The number of hydrogen-bond donors (Lipinski definition) is 0. The first-order valence-electron chi connectivity index (χ1n) is 9.59. The number of halogens is 1. The molecule has 29 heavy (non-hydrogen) atoms. The standard InChI is InChI=1S/C22H20FN5O/c1-14-10-17(23)24-11-16(14)19-27-18-20(28(19)12-15-6-4-3-5-7-15)25-13-26-21(18)29-22(2)8-9-22/h3-7,10-11,13H,8-9,12H2,1-2H3. The van der Waals surface area contributed by atoms with Gasteiger partial charge in [0, 0.05) is 11.8 Å². The molecule has 6 nitrogen and oxygen atoms in total. The van der Waals surface area contributed by atoms with Gasteiger partial charge in [-0.1, -0.05) is 30.3 Å². The topological polar surface area (TPSA) is 65.7 Å². The van der Waals surface area contributed by atoms with Crippen LogP contribution in [0.3, 0.4) is 0 Å². The Kier molecular flexibility index (Phi) is 4.04. The van der Waals surface area contributed by atoms with Gasteiger partial charge >= 0.3 is 0 Å². The third kappa shape index (κ3) is 3.33. The molecule has 0 spiro atoms. The predicted octanol–water partition coefficient (Wildman–Crippen LogP) is 4.32. The molecule has 1 aromatic carbocycles. The molecule has 3 heterocycles. The quantitative estimate of drug-likeness (QED) is 0.476. The molecule has 1 aliphatic carbocycles. The van der Waals surface area contributed by atoms with Gasteiger partial charge in [0.05, 0.1) is 6.54 Å². The maximum atomic E-state index is 13.6. The second kappa shape index (κ2) is 6.62. The molecule has 7 heteroatoms. The van der Waals surface area contributed by atoms with Crippen LogP contribution in [-0.2, 0) is 6.54 Å². The number of hydrogen-bond acceptors (Lipinski definition) is 5. The van der Waals surface area contributed by atoms with Gasteiger partial charge in [0.25, 0.3) is 0 Å². The first-order valence-corrected chi connectivity index (χ1v) is 9.59. The molecular formula is C22H20FN5O. The van der Waals surface area contributed by atoms with Gasteiger partial charge in [-0.3, -0.25) is 0 Å². The summed E-state index contributed by atoms with van der Waals surface area (Å²) < 4.78 is 21.7. The molecule has 0 unspecified atom stereocenters. The maximum absolute atomic E-state index is 13.6. The molecule has 5 rings (SSSR count). The summed E-state index contributed by atoms with van der Waals surface area (Å²) in [5.41, 5.74) is 3.72.